The summed E-state index contributed by atoms with van der Waals surface area (Å²) in [5, 5.41) is 20.5. The number of hydrogen-bond acceptors (Lipinski definition) is 11. The van der Waals surface area contributed by atoms with Crippen LogP contribution >= 0.6 is 0 Å². The highest BCUT2D eigenvalue weighted by Gasteiger charge is 2.36. The minimum absolute atomic E-state index is 0.0944. The SMILES string of the molecule is Cc1ccc(-c2cc(C(F)(F)F)nn2-c2ccc(S(=O)(=O)NC(=O)OC[C@@H]3CCCN3/[N+]([O-])=N/OCOC(=O)OC(C)(C)C)cc2)cc1. The molecule has 15 nitrogen and oxygen atoms in total. The van der Waals surface area contributed by atoms with Crippen molar-refractivity contribution in [3.8, 4) is 16.9 Å². The molecule has 2 heterocycles. The lowest BCUT2D eigenvalue weighted by molar-refractivity contribution is -0.715. The first kappa shape index (κ1) is 35.8. The molecule has 0 spiro atoms. The number of aromatic nitrogens is 2. The number of hydrazine groups is 1. The topological polar surface area (TPSA) is 177 Å². The van der Waals surface area contributed by atoms with Crippen LogP contribution in [0.25, 0.3) is 16.9 Å². The first-order chi connectivity index (χ1) is 22.4. The monoisotopic (exact) mass is 698 g/mol. The molecule has 48 heavy (non-hydrogen) atoms. The van der Waals surface area contributed by atoms with Crippen molar-refractivity contribution in [3.63, 3.8) is 0 Å². The number of aryl methyl sites for hydroxylation is 1. The Hall–Kier alpha value is -5.07. The van der Waals surface area contributed by atoms with E-state index in [1.165, 1.54) is 17.1 Å². The van der Waals surface area contributed by atoms with Crippen molar-refractivity contribution in [2.75, 3.05) is 19.9 Å². The third-order valence-electron chi connectivity index (χ3n) is 6.68. The van der Waals surface area contributed by atoms with E-state index in [0.29, 0.717) is 18.4 Å². The first-order valence-electron chi connectivity index (χ1n) is 14.4. The predicted molar refractivity (Wildman–Crippen MR) is 159 cm³/mol. The number of hydrogen-bond donors (Lipinski definition) is 1. The first-order valence-corrected chi connectivity index (χ1v) is 15.9. The molecular formula is C29H33F3N6O9S. The number of carbonyl (C=O) groups excluding carboxylic acids is 2. The summed E-state index contributed by atoms with van der Waals surface area (Å²) in [6.07, 6.45) is -6.15. The van der Waals surface area contributed by atoms with Crippen molar-refractivity contribution in [1.29, 1.82) is 0 Å². The molecule has 1 saturated heterocycles. The fourth-order valence-electron chi connectivity index (χ4n) is 4.47. The molecule has 0 radical (unpaired) electrons. The van der Waals surface area contributed by atoms with Gasteiger partial charge in [0, 0.05) is 5.56 Å². The molecule has 1 aromatic heterocycles. The van der Waals surface area contributed by atoms with Gasteiger partial charge in [0.2, 0.25) is 5.28 Å². The standard InChI is InChI=1S/C29H33F3N6O9S/c1-19-7-9-20(10-8-19)24-16-25(29(30,31)32)33-37(24)21-11-13-23(14-12-21)48(42,43)34-26(39)44-17-22-6-5-15-36(22)38(41)35-46-18-45-27(40)47-28(2,3)4/h7-14,16,22H,5-6,15,17-18H2,1-4H3,(H,34,39)/b38-35-/t22-/m0/s1. The molecule has 1 amide bonds. The largest absolute Gasteiger partial charge is 0.569 e. The van der Waals surface area contributed by atoms with Crippen LogP contribution in [0.5, 0.6) is 0 Å². The van der Waals surface area contributed by atoms with Crippen LogP contribution in [0.1, 0.15) is 44.9 Å². The molecule has 1 aliphatic heterocycles. The van der Waals surface area contributed by atoms with Crippen LogP contribution in [0.3, 0.4) is 0 Å². The van der Waals surface area contributed by atoms with Gasteiger partial charge < -0.3 is 24.3 Å². The summed E-state index contributed by atoms with van der Waals surface area (Å²) in [4.78, 5) is 28.3. The summed E-state index contributed by atoms with van der Waals surface area (Å²) < 4.78 is 83.7. The van der Waals surface area contributed by atoms with E-state index in [-0.39, 0.29) is 34.4 Å². The Morgan fingerprint density at radius 3 is 2.38 bits per heavy atom. The fraction of sp³-hybridized carbons (Fsp3) is 0.414. The van der Waals surface area contributed by atoms with Crippen LogP contribution < -0.4 is 4.72 Å². The molecule has 0 bridgehead atoms. The molecule has 1 fully saturated rings. The molecule has 260 valence electrons. The van der Waals surface area contributed by atoms with E-state index in [1.807, 2.05) is 6.92 Å². The second-order valence-electron chi connectivity index (χ2n) is 11.5. The Kier molecular flexibility index (Phi) is 10.7. The zero-order valence-corrected chi connectivity index (χ0v) is 27.1. The van der Waals surface area contributed by atoms with E-state index in [1.54, 1.807) is 49.8 Å². The normalized spacial score (nSPS) is 15.6. The highest BCUT2D eigenvalue weighted by molar-refractivity contribution is 7.90. The van der Waals surface area contributed by atoms with E-state index >= 15 is 0 Å². The van der Waals surface area contributed by atoms with Gasteiger partial charge in [-0.3, -0.25) is 0 Å². The van der Waals surface area contributed by atoms with Crippen LogP contribution in [-0.4, -0.2) is 72.0 Å². The van der Waals surface area contributed by atoms with Crippen molar-refractivity contribution in [3.05, 3.63) is 71.1 Å². The number of ether oxygens (including phenoxy) is 3. The number of amides is 1. The number of alkyl halides is 3. The van der Waals surface area contributed by atoms with Crippen LogP contribution in [0, 0.1) is 12.1 Å². The second-order valence-corrected chi connectivity index (χ2v) is 13.2. The van der Waals surface area contributed by atoms with Crippen LogP contribution in [-0.2, 0) is 35.2 Å². The molecule has 1 N–H and O–H groups in total. The minimum Gasteiger partial charge on any atom is -0.569 e. The van der Waals surface area contributed by atoms with E-state index in [0.717, 1.165) is 28.4 Å². The summed E-state index contributed by atoms with van der Waals surface area (Å²) in [6.45, 7) is 5.86. The van der Waals surface area contributed by atoms with Crippen LogP contribution in [0.15, 0.2) is 64.8 Å². The lowest BCUT2D eigenvalue weighted by atomic mass is 10.1. The van der Waals surface area contributed by atoms with Gasteiger partial charge in [-0.25, -0.2) is 27.4 Å². The van der Waals surface area contributed by atoms with E-state index in [4.69, 9.17) is 9.47 Å². The highest BCUT2D eigenvalue weighted by Crippen LogP contribution is 2.33. The third-order valence-corrected chi connectivity index (χ3v) is 8.00. The number of nitrogens with one attached hydrogen (secondary N) is 1. The number of nitrogens with zero attached hydrogens (tertiary/aromatic N) is 5. The molecule has 0 unspecified atom stereocenters. The minimum atomic E-state index is -4.72. The average molecular weight is 699 g/mol. The number of carbonyl (C=O) groups is 2. The molecule has 3 aromatic rings. The van der Waals surface area contributed by atoms with Crippen LogP contribution in [0.4, 0.5) is 22.8 Å². The Bertz CT molecular complexity index is 1740. The van der Waals surface area contributed by atoms with Gasteiger partial charge in [-0.05, 0) is 70.9 Å². The van der Waals surface area contributed by atoms with Crippen molar-refractivity contribution >= 4 is 22.3 Å². The Morgan fingerprint density at radius 1 is 1.08 bits per heavy atom. The molecule has 1 atom stereocenters. The molecule has 0 saturated carbocycles. The van der Waals surface area contributed by atoms with Gasteiger partial charge >= 0.3 is 18.4 Å². The Balaban J connectivity index is 1.36. The summed E-state index contributed by atoms with van der Waals surface area (Å²) in [5.41, 5.74) is -0.299. The Labute approximate surface area is 273 Å². The molecule has 1 aliphatic rings. The maximum atomic E-state index is 13.5. The third kappa shape index (κ3) is 9.49. The highest BCUT2D eigenvalue weighted by atomic mass is 32.2. The van der Waals surface area contributed by atoms with Crippen molar-refractivity contribution in [1.82, 2.24) is 19.5 Å². The lowest BCUT2D eigenvalue weighted by Gasteiger charge is -2.20. The van der Waals surface area contributed by atoms with Crippen molar-refractivity contribution in [2.45, 2.75) is 63.3 Å². The smallest absolute Gasteiger partial charge is 0.511 e. The summed E-state index contributed by atoms with van der Waals surface area (Å²) in [5.74, 6) is 0. The maximum absolute atomic E-state index is 13.5. The number of rotatable bonds is 10. The zero-order valence-electron chi connectivity index (χ0n) is 26.3. The summed E-state index contributed by atoms with van der Waals surface area (Å²) >= 11 is 0. The maximum Gasteiger partial charge on any atom is 0.511 e. The van der Waals surface area contributed by atoms with Crippen LogP contribution in [0.2, 0.25) is 0 Å². The molecule has 4 rings (SSSR count). The zero-order chi connectivity index (χ0) is 35.3. The average Bonchev–Trinajstić information content (AvgIpc) is 3.66. The summed E-state index contributed by atoms with van der Waals surface area (Å²) in [7, 11) is -4.46. The fourth-order valence-corrected chi connectivity index (χ4v) is 5.36. The molecular weight excluding hydrogens is 665 g/mol. The van der Waals surface area contributed by atoms with Gasteiger partial charge in [-0.1, -0.05) is 29.8 Å². The van der Waals surface area contributed by atoms with E-state index in [9.17, 15) is 36.4 Å². The van der Waals surface area contributed by atoms with E-state index < -0.39 is 52.6 Å². The molecule has 0 aliphatic carbocycles. The van der Waals surface area contributed by atoms with Gasteiger partial charge in [0.15, 0.2) is 5.69 Å². The predicted octanol–water partition coefficient (Wildman–Crippen LogP) is 5.46. The second kappa shape index (κ2) is 14.4. The molecule has 2 aromatic carbocycles. The Morgan fingerprint density at radius 2 is 1.75 bits per heavy atom. The van der Waals surface area contributed by atoms with Gasteiger partial charge in [0.05, 0.1) is 27.8 Å². The van der Waals surface area contributed by atoms with Gasteiger partial charge in [0.25, 0.3) is 16.8 Å². The van der Waals surface area contributed by atoms with Gasteiger partial charge in [-0.15, -0.1) is 5.01 Å². The summed E-state index contributed by atoms with van der Waals surface area (Å²) in [6, 6.07) is 11.7. The van der Waals surface area contributed by atoms with Crippen molar-refractivity contribution in [2.24, 2.45) is 5.28 Å². The lowest BCUT2D eigenvalue weighted by Crippen LogP contribution is -2.40. The number of benzene rings is 2. The van der Waals surface area contributed by atoms with E-state index in [2.05, 4.69) is 20.0 Å². The number of sulfonamides is 1. The quantitative estimate of drug-likeness (QED) is 0.0710. The van der Waals surface area contributed by atoms with Gasteiger partial charge in [0.1, 0.15) is 18.2 Å². The molecule has 19 heteroatoms. The van der Waals surface area contributed by atoms with Gasteiger partial charge in [-0.2, -0.15) is 18.3 Å². The van der Waals surface area contributed by atoms with Crippen molar-refractivity contribution < 1.29 is 55.2 Å². The number of halogens is 3.